The third-order valence-electron chi connectivity index (χ3n) is 5.82. The number of hydrogen-bond donors (Lipinski definition) is 1. The number of halogens is 3. The standard InChI is InChI=1S/C24H23F3N2O/c1-15(19-13-29(2)14-19)28-23(30)18-8-11-22-17(12-18)4-3-5-21(22)16-6-9-20(10-7-16)24(25,26)27/h3-12,15,19H,13-14H2,1-2H3,(H,28,30)/t15-/m0/s1. The van der Waals surface area contributed by atoms with E-state index in [9.17, 15) is 18.0 Å². The number of hydrogen-bond acceptors (Lipinski definition) is 2. The first-order valence-corrected chi connectivity index (χ1v) is 9.92. The Balaban J connectivity index is 1.58. The molecule has 1 aliphatic rings. The van der Waals surface area contributed by atoms with Crippen LogP contribution in [0.3, 0.4) is 0 Å². The quantitative estimate of drug-likeness (QED) is 0.638. The average molecular weight is 412 g/mol. The molecule has 3 nitrogen and oxygen atoms in total. The highest BCUT2D eigenvalue weighted by Gasteiger charge is 2.30. The Kier molecular flexibility index (Phi) is 5.28. The van der Waals surface area contributed by atoms with Gasteiger partial charge in [0.25, 0.3) is 5.91 Å². The molecule has 1 saturated heterocycles. The smallest absolute Gasteiger partial charge is 0.349 e. The molecule has 1 aliphatic heterocycles. The number of rotatable bonds is 4. The topological polar surface area (TPSA) is 32.3 Å². The normalized spacial score (nSPS) is 16.3. The van der Waals surface area contributed by atoms with Crippen LogP contribution in [0.25, 0.3) is 21.9 Å². The number of likely N-dealkylation sites (tertiary alicyclic amines) is 1. The van der Waals surface area contributed by atoms with Crippen LogP contribution < -0.4 is 5.32 Å². The van der Waals surface area contributed by atoms with Gasteiger partial charge in [0.1, 0.15) is 0 Å². The number of nitrogens with zero attached hydrogens (tertiary/aromatic N) is 1. The van der Waals surface area contributed by atoms with E-state index in [4.69, 9.17) is 0 Å². The molecular weight excluding hydrogens is 389 g/mol. The van der Waals surface area contributed by atoms with Gasteiger partial charge in [-0.05, 0) is 60.1 Å². The van der Waals surface area contributed by atoms with Crippen LogP contribution in [0.2, 0.25) is 0 Å². The Morgan fingerprint density at radius 3 is 2.40 bits per heavy atom. The van der Waals surface area contributed by atoms with Crippen molar-refractivity contribution in [1.82, 2.24) is 10.2 Å². The molecule has 0 aromatic heterocycles. The Morgan fingerprint density at radius 2 is 1.77 bits per heavy atom. The summed E-state index contributed by atoms with van der Waals surface area (Å²) in [4.78, 5) is 14.9. The maximum atomic E-state index is 12.8. The molecule has 30 heavy (non-hydrogen) atoms. The maximum Gasteiger partial charge on any atom is 0.416 e. The predicted octanol–water partition coefficient (Wildman–Crippen LogP) is 5.21. The van der Waals surface area contributed by atoms with Crippen LogP contribution in [0.5, 0.6) is 0 Å². The van der Waals surface area contributed by atoms with Gasteiger partial charge in [0.2, 0.25) is 0 Å². The summed E-state index contributed by atoms with van der Waals surface area (Å²) in [6, 6.07) is 16.3. The van der Waals surface area contributed by atoms with E-state index >= 15 is 0 Å². The van der Waals surface area contributed by atoms with Crippen LogP contribution >= 0.6 is 0 Å². The number of carbonyl (C=O) groups is 1. The fourth-order valence-electron chi connectivity index (χ4n) is 3.99. The molecule has 3 aromatic rings. The van der Waals surface area contributed by atoms with Gasteiger partial charge in [0, 0.05) is 30.6 Å². The summed E-state index contributed by atoms with van der Waals surface area (Å²) in [5.41, 5.74) is 1.44. The van der Waals surface area contributed by atoms with E-state index in [2.05, 4.69) is 17.3 Å². The molecule has 1 heterocycles. The van der Waals surface area contributed by atoms with E-state index in [0.29, 0.717) is 17.0 Å². The Hall–Kier alpha value is -2.86. The van der Waals surface area contributed by atoms with Crippen LogP contribution in [-0.4, -0.2) is 37.0 Å². The summed E-state index contributed by atoms with van der Waals surface area (Å²) >= 11 is 0. The van der Waals surface area contributed by atoms with E-state index in [-0.39, 0.29) is 11.9 Å². The van der Waals surface area contributed by atoms with E-state index in [1.54, 1.807) is 6.07 Å². The SMILES string of the molecule is C[C@H](NC(=O)c1ccc2c(-c3ccc(C(F)(F)F)cc3)cccc2c1)C1CN(C)C1. The number of nitrogens with one attached hydrogen (secondary N) is 1. The summed E-state index contributed by atoms with van der Waals surface area (Å²) in [6.45, 7) is 3.99. The maximum absolute atomic E-state index is 12.8. The predicted molar refractivity (Wildman–Crippen MR) is 112 cm³/mol. The van der Waals surface area contributed by atoms with Gasteiger partial charge in [-0.25, -0.2) is 0 Å². The highest BCUT2D eigenvalue weighted by molar-refractivity contribution is 6.02. The molecule has 1 N–H and O–H groups in total. The van der Waals surface area contributed by atoms with Crippen molar-refractivity contribution in [3.8, 4) is 11.1 Å². The molecule has 0 aliphatic carbocycles. The van der Waals surface area contributed by atoms with Crippen LogP contribution in [0.1, 0.15) is 22.8 Å². The summed E-state index contributed by atoms with van der Waals surface area (Å²) < 4.78 is 38.5. The second-order valence-corrected chi connectivity index (χ2v) is 8.06. The van der Waals surface area contributed by atoms with Gasteiger partial charge in [0.15, 0.2) is 0 Å². The summed E-state index contributed by atoms with van der Waals surface area (Å²) in [5.74, 6) is 0.351. The average Bonchev–Trinajstić information content (AvgIpc) is 2.70. The van der Waals surface area contributed by atoms with E-state index in [1.165, 1.54) is 12.1 Å². The Labute approximate surface area is 173 Å². The molecule has 6 heteroatoms. The monoisotopic (exact) mass is 412 g/mol. The Morgan fingerprint density at radius 1 is 1.07 bits per heavy atom. The molecule has 0 unspecified atom stereocenters. The van der Waals surface area contributed by atoms with E-state index in [0.717, 1.165) is 41.6 Å². The fourth-order valence-corrected chi connectivity index (χ4v) is 3.99. The molecule has 156 valence electrons. The van der Waals surface area contributed by atoms with Crippen molar-refractivity contribution < 1.29 is 18.0 Å². The zero-order chi connectivity index (χ0) is 21.5. The van der Waals surface area contributed by atoms with Crippen LogP contribution in [0, 0.1) is 5.92 Å². The molecule has 1 amide bonds. The largest absolute Gasteiger partial charge is 0.416 e. The lowest BCUT2D eigenvalue weighted by atomic mass is 9.93. The molecule has 4 rings (SSSR count). The van der Waals surface area contributed by atoms with Gasteiger partial charge in [-0.2, -0.15) is 13.2 Å². The Bertz CT molecular complexity index is 1070. The summed E-state index contributed by atoms with van der Waals surface area (Å²) in [7, 11) is 2.06. The fraction of sp³-hybridized carbons (Fsp3) is 0.292. The third-order valence-corrected chi connectivity index (χ3v) is 5.82. The molecule has 0 bridgehead atoms. The van der Waals surface area contributed by atoms with Crippen molar-refractivity contribution in [2.45, 2.75) is 19.1 Å². The summed E-state index contributed by atoms with van der Waals surface area (Å²) in [6.07, 6.45) is -4.36. The van der Waals surface area contributed by atoms with Crippen molar-refractivity contribution in [2.24, 2.45) is 5.92 Å². The number of carbonyl (C=O) groups excluding carboxylic acids is 1. The van der Waals surface area contributed by atoms with Crippen molar-refractivity contribution in [3.05, 3.63) is 71.8 Å². The molecule has 1 atom stereocenters. The molecule has 3 aromatic carbocycles. The van der Waals surface area contributed by atoms with Gasteiger partial charge in [-0.3, -0.25) is 4.79 Å². The number of fused-ring (bicyclic) bond motifs is 1. The second-order valence-electron chi connectivity index (χ2n) is 8.06. The number of alkyl halides is 3. The van der Waals surface area contributed by atoms with Gasteiger partial charge in [-0.1, -0.05) is 36.4 Å². The lowest BCUT2D eigenvalue weighted by Gasteiger charge is -2.40. The molecular formula is C24H23F3N2O. The lowest BCUT2D eigenvalue weighted by molar-refractivity contribution is -0.137. The van der Waals surface area contributed by atoms with Gasteiger partial charge in [-0.15, -0.1) is 0 Å². The van der Waals surface area contributed by atoms with Crippen molar-refractivity contribution in [3.63, 3.8) is 0 Å². The van der Waals surface area contributed by atoms with Gasteiger partial charge >= 0.3 is 6.18 Å². The first-order chi connectivity index (χ1) is 14.2. The second kappa shape index (κ2) is 7.76. The lowest BCUT2D eigenvalue weighted by Crippen LogP contribution is -2.53. The molecule has 0 saturated carbocycles. The van der Waals surface area contributed by atoms with Gasteiger partial charge in [0.05, 0.1) is 5.56 Å². The zero-order valence-electron chi connectivity index (χ0n) is 16.8. The molecule has 1 fully saturated rings. The minimum absolute atomic E-state index is 0.0999. The zero-order valence-corrected chi connectivity index (χ0v) is 16.8. The highest BCUT2D eigenvalue weighted by atomic mass is 19.4. The van der Waals surface area contributed by atoms with Crippen LogP contribution in [0.4, 0.5) is 13.2 Å². The van der Waals surface area contributed by atoms with E-state index < -0.39 is 11.7 Å². The minimum Gasteiger partial charge on any atom is -0.349 e. The highest BCUT2D eigenvalue weighted by Crippen LogP contribution is 2.33. The van der Waals surface area contributed by atoms with Crippen molar-refractivity contribution >= 4 is 16.7 Å². The third kappa shape index (κ3) is 4.05. The first kappa shape index (κ1) is 20.4. The summed E-state index contributed by atoms with van der Waals surface area (Å²) in [5, 5.41) is 4.84. The number of amides is 1. The van der Waals surface area contributed by atoms with Crippen LogP contribution in [-0.2, 0) is 6.18 Å². The van der Waals surface area contributed by atoms with Gasteiger partial charge < -0.3 is 10.2 Å². The molecule has 0 radical (unpaired) electrons. The van der Waals surface area contributed by atoms with Crippen molar-refractivity contribution in [2.75, 3.05) is 20.1 Å². The van der Waals surface area contributed by atoms with E-state index in [1.807, 2.05) is 37.3 Å². The minimum atomic E-state index is -4.36. The number of benzene rings is 3. The molecule has 0 spiro atoms. The van der Waals surface area contributed by atoms with Crippen molar-refractivity contribution in [1.29, 1.82) is 0 Å². The van der Waals surface area contributed by atoms with Crippen LogP contribution in [0.15, 0.2) is 60.7 Å². The first-order valence-electron chi connectivity index (χ1n) is 9.92.